The Kier molecular flexibility index (Phi) is 6.31. The van der Waals surface area contributed by atoms with Gasteiger partial charge in [-0.3, -0.25) is 9.69 Å². The molecule has 0 saturated carbocycles. The number of thioether (sulfide) groups is 1. The molecule has 8 heteroatoms. The van der Waals surface area contributed by atoms with E-state index in [9.17, 15) is 14.7 Å². The number of aliphatic carboxylic acids is 1. The Morgan fingerprint density at radius 2 is 2.00 bits per heavy atom. The molecule has 1 N–H and O–H groups in total. The average molecular weight is 404 g/mol. The molecule has 128 valence electrons. The quantitative estimate of drug-likeness (QED) is 0.570. The Morgan fingerprint density at radius 3 is 2.50 bits per heavy atom. The summed E-state index contributed by atoms with van der Waals surface area (Å²) >= 11 is 18.5. The van der Waals surface area contributed by atoms with Gasteiger partial charge in [0, 0.05) is 15.6 Å². The fraction of sp³-hybridized carbons (Fsp3) is 0.312. The van der Waals surface area contributed by atoms with Crippen molar-refractivity contribution in [1.82, 2.24) is 4.90 Å². The van der Waals surface area contributed by atoms with Crippen LogP contribution in [0.25, 0.3) is 6.08 Å². The summed E-state index contributed by atoms with van der Waals surface area (Å²) in [6.07, 6.45) is 2.17. The standard InChI is InChI=1S/C16H15Cl2NO3S2/c1-3-8(2)13(15(21)22)19-14(20)12(24-16(19)23)7-9-10(17)5-4-6-11(9)18/h4-8,13H,3H2,1-2H3,(H,21,22)/b12-7-/t8-,13+/m0/s1. The monoisotopic (exact) mass is 403 g/mol. The topological polar surface area (TPSA) is 57.6 Å². The smallest absolute Gasteiger partial charge is 0.327 e. The summed E-state index contributed by atoms with van der Waals surface area (Å²) in [5, 5.41) is 10.3. The summed E-state index contributed by atoms with van der Waals surface area (Å²) < 4.78 is 0.224. The van der Waals surface area contributed by atoms with Crippen LogP contribution in [0.4, 0.5) is 0 Å². The van der Waals surface area contributed by atoms with Crippen LogP contribution in [0.1, 0.15) is 25.8 Å². The van der Waals surface area contributed by atoms with Crippen LogP contribution < -0.4 is 0 Å². The van der Waals surface area contributed by atoms with E-state index >= 15 is 0 Å². The summed E-state index contributed by atoms with van der Waals surface area (Å²) in [5.41, 5.74) is 0.511. The third kappa shape index (κ3) is 3.77. The number of carbonyl (C=O) groups is 2. The van der Waals surface area contributed by atoms with E-state index in [2.05, 4.69) is 0 Å². The number of rotatable bonds is 5. The third-order valence-electron chi connectivity index (χ3n) is 3.81. The predicted molar refractivity (Wildman–Crippen MR) is 102 cm³/mol. The number of carboxylic acid groups (broad SMARTS) is 1. The second kappa shape index (κ2) is 7.87. The molecule has 1 aliphatic heterocycles. The van der Waals surface area contributed by atoms with Crippen molar-refractivity contribution in [2.75, 3.05) is 0 Å². The van der Waals surface area contributed by atoms with Crippen LogP contribution in [0.3, 0.4) is 0 Å². The van der Waals surface area contributed by atoms with E-state index in [1.807, 2.05) is 6.92 Å². The Balaban J connectivity index is 2.42. The first-order valence-electron chi connectivity index (χ1n) is 7.21. The third-order valence-corrected chi connectivity index (χ3v) is 5.80. The van der Waals surface area contributed by atoms with Gasteiger partial charge in [-0.05, 0) is 24.1 Å². The van der Waals surface area contributed by atoms with Crippen LogP contribution in [0.5, 0.6) is 0 Å². The molecule has 24 heavy (non-hydrogen) atoms. The first kappa shape index (κ1) is 19.2. The van der Waals surface area contributed by atoms with E-state index in [1.54, 1.807) is 31.2 Å². The number of thiocarbonyl (C=S) groups is 1. The summed E-state index contributed by atoms with van der Waals surface area (Å²) in [4.78, 5) is 25.8. The fourth-order valence-electron chi connectivity index (χ4n) is 2.33. The normalized spacial score (nSPS) is 19.0. The van der Waals surface area contributed by atoms with Gasteiger partial charge in [0.15, 0.2) is 0 Å². The number of nitrogens with zero attached hydrogens (tertiary/aromatic N) is 1. The molecule has 0 radical (unpaired) electrons. The average Bonchev–Trinajstić information content (AvgIpc) is 2.78. The molecule has 0 unspecified atom stereocenters. The van der Waals surface area contributed by atoms with Gasteiger partial charge in [0.1, 0.15) is 10.4 Å². The second-order valence-electron chi connectivity index (χ2n) is 5.36. The van der Waals surface area contributed by atoms with Crippen molar-refractivity contribution < 1.29 is 14.7 Å². The summed E-state index contributed by atoms with van der Waals surface area (Å²) in [6, 6.07) is 4.05. The lowest BCUT2D eigenvalue weighted by atomic mass is 9.98. The van der Waals surface area contributed by atoms with Gasteiger partial charge in [-0.2, -0.15) is 0 Å². The maximum Gasteiger partial charge on any atom is 0.327 e. The zero-order valence-electron chi connectivity index (χ0n) is 13.0. The van der Waals surface area contributed by atoms with Gasteiger partial charge >= 0.3 is 5.97 Å². The van der Waals surface area contributed by atoms with Crippen molar-refractivity contribution in [3.05, 3.63) is 38.7 Å². The van der Waals surface area contributed by atoms with Crippen molar-refractivity contribution in [1.29, 1.82) is 0 Å². The lowest BCUT2D eigenvalue weighted by molar-refractivity contribution is -0.147. The molecule has 2 atom stereocenters. The van der Waals surface area contributed by atoms with Crippen LogP contribution in [0, 0.1) is 5.92 Å². The fourth-order valence-corrected chi connectivity index (χ4v) is 4.15. The number of benzene rings is 1. The molecule has 0 aliphatic carbocycles. The van der Waals surface area contributed by atoms with E-state index < -0.39 is 17.9 Å². The van der Waals surface area contributed by atoms with Crippen LogP contribution in [-0.4, -0.2) is 32.2 Å². The van der Waals surface area contributed by atoms with Crippen molar-refractivity contribution in [3.8, 4) is 0 Å². The van der Waals surface area contributed by atoms with E-state index in [0.717, 1.165) is 11.8 Å². The highest BCUT2D eigenvalue weighted by Gasteiger charge is 2.42. The highest BCUT2D eigenvalue weighted by molar-refractivity contribution is 8.26. The molecule has 0 spiro atoms. The molecule has 1 heterocycles. The van der Waals surface area contributed by atoms with Crippen molar-refractivity contribution in [3.63, 3.8) is 0 Å². The van der Waals surface area contributed by atoms with E-state index in [-0.39, 0.29) is 10.2 Å². The summed E-state index contributed by atoms with van der Waals surface area (Å²) in [7, 11) is 0. The first-order chi connectivity index (χ1) is 11.3. The molecular formula is C16H15Cl2NO3S2. The number of hydrogen-bond acceptors (Lipinski definition) is 4. The van der Waals surface area contributed by atoms with Crippen molar-refractivity contribution >= 4 is 69.5 Å². The van der Waals surface area contributed by atoms with Crippen LogP contribution in [0.15, 0.2) is 23.1 Å². The number of halogens is 2. The zero-order valence-corrected chi connectivity index (χ0v) is 16.1. The number of amides is 1. The van der Waals surface area contributed by atoms with Gasteiger partial charge in [0.05, 0.1) is 4.91 Å². The molecule has 2 rings (SSSR count). The molecule has 0 bridgehead atoms. The minimum absolute atomic E-state index is 0.224. The van der Waals surface area contributed by atoms with Crippen LogP contribution in [-0.2, 0) is 9.59 Å². The van der Waals surface area contributed by atoms with Crippen molar-refractivity contribution in [2.45, 2.75) is 26.3 Å². The molecule has 4 nitrogen and oxygen atoms in total. The molecular weight excluding hydrogens is 389 g/mol. The maximum absolute atomic E-state index is 12.7. The van der Waals surface area contributed by atoms with Gasteiger partial charge in [0.2, 0.25) is 0 Å². The molecule has 1 aliphatic rings. The molecule has 1 fully saturated rings. The molecule has 1 amide bonds. The van der Waals surface area contributed by atoms with Crippen LogP contribution in [0.2, 0.25) is 10.0 Å². The van der Waals surface area contributed by atoms with Gasteiger partial charge in [0.25, 0.3) is 5.91 Å². The van der Waals surface area contributed by atoms with Gasteiger partial charge in [-0.25, -0.2) is 4.79 Å². The minimum Gasteiger partial charge on any atom is -0.480 e. The predicted octanol–water partition coefficient (Wildman–Crippen LogP) is 4.69. The molecule has 1 saturated heterocycles. The first-order valence-corrected chi connectivity index (χ1v) is 9.19. The second-order valence-corrected chi connectivity index (χ2v) is 7.85. The van der Waals surface area contributed by atoms with E-state index in [0.29, 0.717) is 26.9 Å². The SMILES string of the molecule is CC[C@H](C)[C@H](C(=O)O)N1C(=O)/C(=C/c2c(Cl)cccc2Cl)SC1=S. The maximum atomic E-state index is 12.7. The molecule has 1 aromatic carbocycles. The Hall–Kier alpha value is -1.08. The largest absolute Gasteiger partial charge is 0.480 e. The lowest BCUT2D eigenvalue weighted by Gasteiger charge is -2.27. The minimum atomic E-state index is -1.07. The number of carboxylic acids is 1. The van der Waals surface area contributed by atoms with Gasteiger partial charge in [-0.1, -0.05) is 73.5 Å². The number of carbonyl (C=O) groups excluding carboxylic acids is 1. The summed E-state index contributed by atoms with van der Waals surface area (Å²) in [6.45, 7) is 3.66. The van der Waals surface area contributed by atoms with Crippen LogP contribution >= 0.6 is 47.2 Å². The van der Waals surface area contributed by atoms with Gasteiger partial charge < -0.3 is 5.11 Å². The van der Waals surface area contributed by atoms with Gasteiger partial charge in [-0.15, -0.1) is 0 Å². The Labute approximate surface area is 159 Å². The number of hydrogen-bond donors (Lipinski definition) is 1. The lowest BCUT2D eigenvalue weighted by Crippen LogP contribution is -2.47. The van der Waals surface area contributed by atoms with E-state index in [4.69, 9.17) is 35.4 Å². The summed E-state index contributed by atoms with van der Waals surface area (Å²) in [5.74, 6) is -1.74. The Bertz CT molecular complexity index is 716. The zero-order chi connectivity index (χ0) is 18.0. The molecule has 1 aromatic rings. The highest BCUT2D eigenvalue weighted by atomic mass is 35.5. The van der Waals surface area contributed by atoms with Crippen molar-refractivity contribution in [2.24, 2.45) is 5.92 Å². The Morgan fingerprint density at radius 1 is 1.42 bits per heavy atom. The molecule has 0 aromatic heterocycles. The highest BCUT2D eigenvalue weighted by Crippen LogP contribution is 2.38. The van der Waals surface area contributed by atoms with E-state index in [1.165, 1.54) is 4.90 Å².